The Balaban J connectivity index is 1.55. The Morgan fingerprint density at radius 3 is 2.66 bits per heavy atom. The third-order valence-electron chi connectivity index (χ3n) is 4.91. The van der Waals surface area contributed by atoms with Gasteiger partial charge in [-0.15, -0.1) is 0 Å². The van der Waals surface area contributed by atoms with Crippen molar-refractivity contribution in [1.29, 1.82) is 0 Å². The monoisotopic (exact) mass is 434 g/mol. The summed E-state index contributed by atoms with van der Waals surface area (Å²) in [5.74, 6) is -0.650. The summed E-state index contributed by atoms with van der Waals surface area (Å²) in [6.45, 7) is -0.0208. The van der Waals surface area contributed by atoms with E-state index >= 15 is 0 Å². The third kappa shape index (κ3) is 5.36. The van der Waals surface area contributed by atoms with Crippen LogP contribution in [0.3, 0.4) is 0 Å². The summed E-state index contributed by atoms with van der Waals surface area (Å²) in [6, 6.07) is 9.23. The van der Waals surface area contributed by atoms with Gasteiger partial charge in [0.15, 0.2) is 9.84 Å². The van der Waals surface area contributed by atoms with E-state index in [1.807, 2.05) is 36.4 Å². The zero-order valence-corrected chi connectivity index (χ0v) is 17.6. The van der Waals surface area contributed by atoms with Gasteiger partial charge in [-0.25, -0.2) is 8.42 Å². The Kier molecular flexibility index (Phi) is 6.59. The van der Waals surface area contributed by atoms with Crippen molar-refractivity contribution in [3.05, 3.63) is 53.0 Å². The van der Waals surface area contributed by atoms with Crippen LogP contribution in [0.25, 0.3) is 6.08 Å². The molecule has 29 heavy (non-hydrogen) atoms. The Hall–Kier alpha value is -2.39. The number of hydrogen-bond donors (Lipinski definition) is 0. The molecule has 0 spiro atoms. The fourth-order valence-electron chi connectivity index (χ4n) is 3.19. The zero-order chi connectivity index (χ0) is 21.0. The smallest absolute Gasteiger partial charge is 0.293 e. The topological polar surface area (TPSA) is 91.8 Å². The van der Waals surface area contributed by atoms with Gasteiger partial charge >= 0.3 is 0 Å². The summed E-state index contributed by atoms with van der Waals surface area (Å²) >= 11 is 0.845. The van der Waals surface area contributed by atoms with E-state index in [2.05, 4.69) is 0 Å². The number of carbonyl (C=O) groups is 3. The Morgan fingerprint density at radius 2 is 2.00 bits per heavy atom. The van der Waals surface area contributed by atoms with Crippen molar-refractivity contribution in [3.8, 4) is 0 Å². The molecule has 2 saturated heterocycles. The van der Waals surface area contributed by atoms with E-state index in [1.165, 1.54) is 4.90 Å². The zero-order valence-electron chi connectivity index (χ0n) is 16.0. The van der Waals surface area contributed by atoms with Crippen molar-refractivity contribution < 1.29 is 22.8 Å². The summed E-state index contributed by atoms with van der Waals surface area (Å²) in [5.41, 5.74) is 0.977. The van der Waals surface area contributed by atoms with E-state index in [-0.39, 0.29) is 36.4 Å². The molecule has 2 aliphatic rings. The minimum atomic E-state index is -3.09. The highest BCUT2D eigenvalue weighted by Gasteiger charge is 2.36. The summed E-state index contributed by atoms with van der Waals surface area (Å²) in [6.07, 6.45) is 5.53. The quantitative estimate of drug-likeness (QED) is 0.638. The number of nitrogens with zero attached hydrogens (tertiary/aromatic N) is 2. The van der Waals surface area contributed by atoms with Gasteiger partial charge in [0.1, 0.15) is 0 Å². The van der Waals surface area contributed by atoms with E-state index in [9.17, 15) is 22.8 Å². The van der Waals surface area contributed by atoms with Crippen LogP contribution in [0.2, 0.25) is 0 Å². The highest BCUT2D eigenvalue weighted by atomic mass is 32.2. The molecular formula is C20H22N2O5S2. The average Bonchev–Trinajstić information content (AvgIpc) is 3.19. The molecule has 0 N–H and O–H groups in total. The van der Waals surface area contributed by atoms with Crippen LogP contribution in [0.1, 0.15) is 18.4 Å². The van der Waals surface area contributed by atoms with Crippen molar-refractivity contribution in [2.75, 3.05) is 25.1 Å². The number of benzene rings is 1. The maximum Gasteiger partial charge on any atom is 0.293 e. The van der Waals surface area contributed by atoms with Crippen LogP contribution in [0.15, 0.2) is 47.4 Å². The van der Waals surface area contributed by atoms with Gasteiger partial charge in [0.2, 0.25) is 5.91 Å². The molecule has 154 valence electrons. The molecule has 1 aromatic rings. The minimum Gasteiger partial charge on any atom is -0.342 e. The van der Waals surface area contributed by atoms with E-state index in [0.717, 1.165) is 22.2 Å². The van der Waals surface area contributed by atoms with Crippen molar-refractivity contribution >= 4 is 44.7 Å². The van der Waals surface area contributed by atoms with Crippen LogP contribution in [0.4, 0.5) is 4.79 Å². The van der Waals surface area contributed by atoms with Crippen molar-refractivity contribution in [3.63, 3.8) is 0 Å². The lowest BCUT2D eigenvalue weighted by molar-refractivity contribution is -0.132. The summed E-state index contributed by atoms with van der Waals surface area (Å²) in [7, 11) is -1.52. The first kappa shape index (κ1) is 21.3. The van der Waals surface area contributed by atoms with Crippen molar-refractivity contribution in [2.45, 2.75) is 18.9 Å². The summed E-state index contributed by atoms with van der Waals surface area (Å²) in [5, 5.41) is -0.409. The van der Waals surface area contributed by atoms with E-state index < -0.39 is 21.0 Å². The van der Waals surface area contributed by atoms with Crippen molar-refractivity contribution in [2.24, 2.45) is 0 Å². The number of sulfone groups is 1. The van der Waals surface area contributed by atoms with Crippen molar-refractivity contribution in [1.82, 2.24) is 9.80 Å². The first-order chi connectivity index (χ1) is 13.8. The van der Waals surface area contributed by atoms with Gasteiger partial charge in [0.05, 0.1) is 16.4 Å². The molecule has 3 rings (SSSR count). The molecular weight excluding hydrogens is 412 g/mol. The van der Waals surface area contributed by atoms with Crippen LogP contribution in [-0.4, -0.2) is 66.4 Å². The SMILES string of the molecule is CN(C(=O)CCN1C(=O)S/C(=C\C=C\c2ccccc2)C1=O)[C@H]1CCS(=O)(=O)C1. The maximum absolute atomic E-state index is 12.5. The molecule has 1 atom stereocenters. The van der Waals surface area contributed by atoms with Gasteiger partial charge in [-0.2, -0.15) is 0 Å². The largest absolute Gasteiger partial charge is 0.342 e. The normalized spacial score (nSPS) is 22.7. The average molecular weight is 435 g/mol. The number of thioether (sulfide) groups is 1. The number of amides is 3. The van der Waals surface area contributed by atoms with Gasteiger partial charge in [-0.3, -0.25) is 19.3 Å². The van der Waals surface area contributed by atoms with Crippen LogP contribution in [0, 0.1) is 0 Å². The van der Waals surface area contributed by atoms with Crippen LogP contribution in [0.5, 0.6) is 0 Å². The molecule has 1 aromatic carbocycles. The first-order valence-corrected chi connectivity index (χ1v) is 11.8. The minimum absolute atomic E-state index is 0.0208. The molecule has 0 aliphatic carbocycles. The van der Waals surface area contributed by atoms with Gasteiger partial charge in [0.25, 0.3) is 11.1 Å². The fraction of sp³-hybridized carbons (Fsp3) is 0.350. The highest BCUT2D eigenvalue weighted by Crippen LogP contribution is 2.31. The number of hydrogen-bond acceptors (Lipinski definition) is 6. The molecule has 3 amide bonds. The third-order valence-corrected chi connectivity index (χ3v) is 7.58. The number of carbonyl (C=O) groups excluding carboxylic acids is 3. The Bertz CT molecular complexity index is 970. The van der Waals surface area contributed by atoms with Crippen LogP contribution < -0.4 is 0 Å². The summed E-state index contributed by atoms with van der Waals surface area (Å²) < 4.78 is 23.2. The van der Waals surface area contributed by atoms with Crippen LogP contribution in [-0.2, 0) is 19.4 Å². The molecule has 0 radical (unpaired) electrons. The second-order valence-electron chi connectivity index (χ2n) is 6.94. The standard InChI is InChI=1S/C20H22N2O5S2/c1-21(16-11-13-29(26,27)14-16)18(23)10-12-22-19(24)17(28-20(22)25)9-5-8-15-6-3-2-4-7-15/h2-9,16H,10-14H2,1H3/b8-5+,17-9-/t16-/m0/s1. The molecule has 9 heteroatoms. The molecule has 2 aliphatic heterocycles. The Morgan fingerprint density at radius 1 is 1.28 bits per heavy atom. The predicted molar refractivity (Wildman–Crippen MR) is 113 cm³/mol. The Labute approximate surface area is 174 Å². The van der Waals surface area contributed by atoms with Gasteiger partial charge in [0, 0.05) is 26.1 Å². The van der Waals surface area contributed by atoms with Gasteiger partial charge in [-0.05, 0) is 29.8 Å². The van der Waals surface area contributed by atoms with Gasteiger partial charge in [-0.1, -0.05) is 42.5 Å². The lowest BCUT2D eigenvalue weighted by atomic mass is 10.2. The van der Waals surface area contributed by atoms with Crippen LogP contribution >= 0.6 is 11.8 Å². The lowest BCUT2D eigenvalue weighted by Gasteiger charge is -2.24. The maximum atomic E-state index is 12.5. The van der Waals surface area contributed by atoms with E-state index in [1.54, 1.807) is 19.2 Å². The fourth-order valence-corrected chi connectivity index (χ4v) is 5.78. The second kappa shape index (κ2) is 8.96. The molecule has 2 heterocycles. The molecule has 0 aromatic heterocycles. The second-order valence-corrected chi connectivity index (χ2v) is 10.2. The molecule has 0 bridgehead atoms. The number of allylic oxidation sites excluding steroid dienone is 2. The summed E-state index contributed by atoms with van der Waals surface area (Å²) in [4.78, 5) is 39.8. The first-order valence-electron chi connectivity index (χ1n) is 9.20. The number of imide groups is 1. The van der Waals surface area contributed by atoms with E-state index in [4.69, 9.17) is 0 Å². The number of rotatable bonds is 6. The molecule has 0 saturated carbocycles. The molecule has 0 unspecified atom stereocenters. The predicted octanol–water partition coefficient (Wildman–Crippen LogP) is 2.31. The molecule has 7 nitrogen and oxygen atoms in total. The van der Waals surface area contributed by atoms with E-state index in [0.29, 0.717) is 11.3 Å². The van der Waals surface area contributed by atoms with Gasteiger partial charge < -0.3 is 4.90 Å². The molecule has 2 fully saturated rings. The lowest BCUT2D eigenvalue weighted by Crippen LogP contribution is -2.40. The highest BCUT2D eigenvalue weighted by molar-refractivity contribution is 8.18.